The summed E-state index contributed by atoms with van der Waals surface area (Å²) in [4.78, 5) is 24.8. The Hall–Kier alpha value is -4.11. The number of nitrogens with zero attached hydrogens (tertiary/aromatic N) is 6. The molecule has 0 radical (unpaired) electrons. The first-order chi connectivity index (χ1) is 15.7. The number of anilines is 1. The SMILES string of the molecule is CN(C)c1cncc(-c2cnc3[nH]nc(-c4nc5c(-c6cccs6)ccnc5[nH]4)c3c2)c1. The first-order valence-corrected chi connectivity index (χ1v) is 10.9. The summed E-state index contributed by atoms with van der Waals surface area (Å²) in [5.74, 6) is 0.655. The molecular weight excluding hydrogens is 420 g/mol. The van der Waals surface area contributed by atoms with Gasteiger partial charge in [-0.1, -0.05) is 6.07 Å². The minimum Gasteiger partial charge on any atom is -0.376 e. The van der Waals surface area contributed by atoms with Gasteiger partial charge in [-0.2, -0.15) is 5.10 Å². The van der Waals surface area contributed by atoms with E-state index in [0.717, 1.165) is 43.8 Å². The number of fused-ring (bicyclic) bond motifs is 2. The lowest BCUT2D eigenvalue weighted by Crippen LogP contribution is -2.08. The molecule has 0 aromatic carbocycles. The lowest BCUT2D eigenvalue weighted by atomic mass is 10.1. The lowest BCUT2D eigenvalue weighted by Gasteiger charge is -2.12. The van der Waals surface area contributed by atoms with Gasteiger partial charge in [0, 0.05) is 54.3 Å². The average molecular weight is 439 g/mol. The quantitative estimate of drug-likeness (QED) is 0.412. The molecule has 0 amide bonds. The average Bonchev–Trinajstić information content (AvgIpc) is 3.57. The van der Waals surface area contributed by atoms with Gasteiger partial charge in [0.2, 0.25) is 0 Å². The van der Waals surface area contributed by atoms with Gasteiger partial charge in [-0.15, -0.1) is 11.3 Å². The van der Waals surface area contributed by atoms with Gasteiger partial charge in [0.05, 0.1) is 17.3 Å². The molecule has 0 saturated carbocycles. The highest BCUT2D eigenvalue weighted by atomic mass is 32.1. The second kappa shape index (κ2) is 7.24. The summed E-state index contributed by atoms with van der Waals surface area (Å²) in [7, 11) is 3.99. The number of nitrogens with one attached hydrogen (secondary N) is 2. The minimum absolute atomic E-state index is 0.655. The van der Waals surface area contributed by atoms with Crippen LogP contribution in [0.5, 0.6) is 0 Å². The van der Waals surface area contributed by atoms with Crippen LogP contribution in [0, 0.1) is 0 Å². The zero-order valence-electron chi connectivity index (χ0n) is 17.4. The number of aromatic amines is 2. The van der Waals surface area contributed by atoms with E-state index >= 15 is 0 Å². The van der Waals surface area contributed by atoms with Gasteiger partial charge in [-0.25, -0.2) is 15.0 Å². The molecule has 6 aromatic rings. The van der Waals surface area contributed by atoms with E-state index in [2.05, 4.69) is 53.7 Å². The van der Waals surface area contributed by atoms with Gasteiger partial charge in [0.25, 0.3) is 0 Å². The van der Waals surface area contributed by atoms with E-state index in [4.69, 9.17) is 4.98 Å². The predicted octanol–water partition coefficient (Wildman–Crippen LogP) is 4.75. The Morgan fingerprint density at radius 2 is 1.88 bits per heavy atom. The van der Waals surface area contributed by atoms with Crippen molar-refractivity contribution in [2.75, 3.05) is 19.0 Å². The summed E-state index contributed by atoms with van der Waals surface area (Å²) >= 11 is 1.68. The Labute approximate surface area is 187 Å². The van der Waals surface area contributed by atoms with Crippen LogP contribution in [-0.4, -0.2) is 49.2 Å². The number of thiophene rings is 1. The molecule has 0 spiro atoms. The normalized spacial score (nSPS) is 11.4. The van der Waals surface area contributed by atoms with Crippen molar-refractivity contribution in [3.8, 4) is 33.1 Å². The van der Waals surface area contributed by atoms with Gasteiger partial charge >= 0.3 is 0 Å². The summed E-state index contributed by atoms with van der Waals surface area (Å²) in [5, 5.41) is 10.5. The molecule has 0 aliphatic heterocycles. The van der Waals surface area contributed by atoms with E-state index in [0.29, 0.717) is 17.2 Å². The van der Waals surface area contributed by atoms with Crippen LogP contribution in [0.4, 0.5) is 5.69 Å². The fraction of sp³-hybridized carbons (Fsp3) is 0.0870. The minimum atomic E-state index is 0.655. The number of hydrogen-bond acceptors (Lipinski definition) is 7. The summed E-state index contributed by atoms with van der Waals surface area (Å²) < 4.78 is 0. The summed E-state index contributed by atoms with van der Waals surface area (Å²) in [6.45, 7) is 0. The van der Waals surface area contributed by atoms with Crippen molar-refractivity contribution in [2.45, 2.75) is 0 Å². The topological polar surface area (TPSA) is 99.3 Å². The van der Waals surface area contributed by atoms with Crippen molar-refractivity contribution in [2.24, 2.45) is 0 Å². The van der Waals surface area contributed by atoms with Gasteiger partial charge in [0.1, 0.15) is 11.2 Å². The molecule has 0 aliphatic carbocycles. The van der Waals surface area contributed by atoms with Crippen molar-refractivity contribution >= 4 is 39.2 Å². The molecule has 32 heavy (non-hydrogen) atoms. The Morgan fingerprint density at radius 1 is 0.969 bits per heavy atom. The fourth-order valence-corrected chi connectivity index (χ4v) is 4.48. The fourth-order valence-electron chi connectivity index (χ4n) is 3.73. The van der Waals surface area contributed by atoms with Crippen molar-refractivity contribution < 1.29 is 0 Å². The van der Waals surface area contributed by atoms with Gasteiger partial charge in [0.15, 0.2) is 17.1 Å². The Balaban J connectivity index is 1.49. The third kappa shape index (κ3) is 3.02. The van der Waals surface area contributed by atoms with Crippen LogP contribution < -0.4 is 4.90 Å². The molecule has 6 rings (SSSR count). The zero-order valence-corrected chi connectivity index (χ0v) is 18.2. The lowest BCUT2D eigenvalue weighted by molar-refractivity contribution is 1.09. The first kappa shape index (κ1) is 18.6. The van der Waals surface area contributed by atoms with Gasteiger partial charge in [-0.3, -0.25) is 10.1 Å². The molecule has 8 nitrogen and oxygen atoms in total. The van der Waals surface area contributed by atoms with Crippen molar-refractivity contribution in [1.29, 1.82) is 0 Å². The molecule has 6 aromatic heterocycles. The predicted molar refractivity (Wildman–Crippen MR) is 128 cm³/mol. The summed E-state index contributed by atoms with van der Waals surface area (Å²) in [6.07, 6.45) is 7.31. The first-order valence-electron chi connectivity index (χ1n) is 10.0. The van der Waals surface area contributed by atoms with Crippen LogP contribution in [-0.2, 0) is 0 Å². The van der Waals surface area contributed by atoms with E-state index in [9.17, 15) is 0 Å². The van der Waals surface area contributed by atoms with Gasteiger partial charge < -0.3 is 9.88 Å². The highest BCUT2D eigenvalue weighted by Gasteiger charge is 2.17. The van der Waals surface area contributed by atoms with Crippen LogP contribution in [0.3, 0.4) is 0 Å². The molecule has 0 atom stereocenters. The second-order valence-corrected chi connectivity index (χ2v) is 8.58. The number of rotatable bonds is 4. The maximum atomic E-state index is 4.86. The van der Waals surface area contributed by atoms with Crippen molar-refractivity contribution in [3.05, 3.63) is 60.5 Å². The smallest absolute Gasteiger partial charge is 0.161 e. The van der Waals surface area contributed by atoms with Crippen molar-refractivity contribution in [1.82, 2.24) is 35.1 Å². The molecule has 0 aliphatic rings. The number of H-pyrrole nitrogens is 2. The molecule has 6 heterocycles. The van der Waals surface area contributed by atoms with Gasteiger partial charge in [-0.05, 0) is 29.6 Å². The van der Waals surface area contributed by atoms with E-state index < -0.39 is 0 Å². The third-order valence-corrected chi connectivity index (χ3v) is 6.29. The zero-order chi connectivity index (χ0) is 21.7. The Bertz CT molecular complexity index is 1560. The number of aromatic nitrogens is 7. The van der Waals surface area contributed by atoms with Crippen LogP contribution in [0.25, 0.3) is 55.3 Å². The number of hydrogen-bond donors (Lipinski definition) is 2. The number of imidazole rings is 1. The highest BCUT2D eigenvalue weighted by molar-refractivity contribution is 7.13. The van der Waals surface area contributed by atoms with Crippen LogP contribution in [0.2, 0.25) is 0 Å². The standard InChI is InChI=1S/C23H18N8S/c1-31(2)15-8-13(10-24-12-15)14-9-17-20(29-30-21(17)26-11-14)23-27-19-16(18-4-3-7-32-18)5-6-25-22(19)28-23/h3-12H,1-2H3,(H,25,27,28)(H,26,29,30). The largest absolute Gasteiger partial charge is 0.376 e. The highest BCUT2D eigenvalue weighted by Crippen LogP contribution is 2.33. The van der Waals surface area contributed by atoms with Crippen LogP contribution in [0.15, 0.2) is 60.5 Å². The van der Waals surface area contributed by atoms with E-state index in [1.807, 2.05) is 49.7 Å². The molecule has 0 bridgehead atoms. The molecule has 9 heteroatoms. The van der Waals surface area contributed by atoms with E-state index in [-0.39, 0.29) is 0 Å². The van der Waals surface area contributed by atoms with Crippen LogP contribution >= 0.6 is 11.3 Å². The summed E-state index contributed by atoms with van der Waals surface area (Å²) in [6, 6.07) is 10.3. The van der Waals surface area contributed by atoms with Crippen LogP contribution in [0.1, 0.15) is 0 Å². The molecule has 0 fully saturated rings. The second-order valence-electron chi connectivity index (χ2n) is 7.64. The molecule has 0 unspecified atom stereocenters. The Morgan fingerprint density at radius 3 is 2.72 bits per heavy atom. The van der Waals surface area contributed by atoms with E-state index in [1.54, 1.807) is 17.5 Å². The van der Waals surface area contributed by atoms with E-state index in [1.165, 1.54) is 0 Å². The molecule has 156 valence electrons. The van der Waals surface area contributed by atoms with Crippen molar-refractivity contribution in [3.63, 3.8) is 0 Å². The molecular formula is C23H18N8S. The monoisotopic (exact) mass is 438 g/mol. The third-order valence-electron chi connectivity index (χ3n) is 5.39. The Kier molecular flexibility index (Phi) is 4.22. The summed E-state index contributed by atoms with van der Waals surface area (Å²) in [5.41, 5.74) is 7.00. The number of pyridine rings is 3. The molecule has 2 N–H and O–H groups in total. The maximum Gasteiger partial charge on any atom is 0.161 e. The molecule has 0 saturated heterocycles. The maximum absolute atomic E-state index is 4.86.